The van der Waals surface area contributed by atoms with Crippen LogP contribution in [0.2, 0.25) is 0 Å². The predicted molar refractivity (Wildman–Crippen MR) is 70.9 cm³/mol. The summed E-state index contributed by atoms with van der Waals surface area (Å²) in [6, 6.07) is 5.53. The van der Waals surface area contributed by atoms with Crippen molar-refractivity contribution in [2.45, 2.75) is 32.9 Å². The quantitative estimate of drug-likeness (QED) is 0.841. The molecular formula is C14H21NO3. The molecule has 1 N–H and O–H groups in total. The minimum Gasteiger partial charge on any atom is -0.496 e. The summed E-state index contributed by atoms with van der Waals surface area (Å²) in [5.74, 6) is -0.0141. The lowest BCUT2D eigenvalue weighted by Crippen LogP contribution is -2.35. The average molecular weight is 251 g/mol. The van der Waals surface area contributed by atoms with E-state index in [1.165, 1.54) is 5.56 Å². The number of aryl methyl sites for hydroxylation is 1. The Morgan fingerprint density at radius 3 is 2.67 bits per heavy atom. The Kier molecular flexibility index (Phi) is 5.16. The van der Waals surface area contributed by atoms with Gasteiger partial charge in [-0.05, 0) is 32.0 Å². The zero-order valence-electron chi connectivity index (χ0n) is 11.4. The monoisotopic (exact) mass is 251 g/mol. The molecule has 0 fully saturated rings. The van der Waals surface area contributed by atoms with E-state index < -0.39 is 12.0 Å². The minimum absolute atomic E-state index is 0.514. The van der Waals surface area contributed by atoms with Crippen LogP contribution in [-0.2, 0) is 17.8 Å². The maximum absolute atomic E-state index is 10.9. The summed E-state index contributed by atoms with van der Waals surface area (Å²) in [5.41, 5.74) is 2.25. The maximum atomic E-state index is 10.9. The average Bonchev–Trinajstić information content (AvgIpc) is 2.37. The second-order valence-corrected chi connectivity index (χ2v) is 4.43. The highest BCUT2D eigenvalue weighted by Gasteiger charge is 2.18. The van der Waals surface area contributed by atoms with Crippen molar-refractivity contribution in [2.24, 2.45) is 0 Å². The zero-order chi connectivity index (χ0) is 13.7. The van der Waals surface area contributed by atoms with Crippen LogP contribution in [0.15, 0.2) is 18.2 Å². The number of carboxylic acids is 1. The minimum atomic E-state index is -0.817. The van der Waals surface area contributed by atoms with E-state index in [1.807, 2.05) is 12.1 Å². The van der Waals surface area contributed by atoms with Gasteiger partial charge in [0.2, 0.25) is 0 Å². The molecule has 4 nitrogen and oxygen atoms in total. The number of hydrogen-bond donors (Lipinski definition) is 1. The van der Waals surface area contributed by atoms with Gasteiger partial charge in [0.15, 0.2) is 0 Å². The first kappa shape index (κ1) is 14.5. The lowest BCUT2D eigenvalue weighted by molar-refractivity contribution is -0.142. The van der Waals surface area contributed by atoms with Crippen LogP contribution in [0.3, 0.4) is 0 Å². The molecule has 0 amide bonds. The summed E-state index contributed by atoms with van der Waals surface area (Å²) >= 11 is 0. The first-order valence-electron chi connectivity index (χ1n) is 6.08. The Labute approximate surface area is 108 Å². The van der Waals surface area contributed by atoms with Crippen LogP contribution in [0.1, 0.15) is 25.0 Å². The molecule has 0 aromatic heterocycles. The standard InChI is InChI=1S/C14H21NO3/c1-5-11-6-7-13(18-4)12(8-11)9-15(3)10(2)14(16)17/h6-8,10H,5,9H2,1-4H3,(H,16,17). The maximum Gasteiger partial charge on any atom is 0.320 e. The number of nitrogens with zero attached hydrogens (tertiary/aromatic N) is 1. The van der Waals surface area contributed by atoms with Crippen LogP contribution in [-0.4, -0.2) is 36.2 Å². The van der Waals surface area contributed by atoms with Gasteiger partial charge in [0.25, 0.3) is 0 Å². The van der Waals surface area contributed by atoms with Gasteiger partial charge in [-0.1, -0.05) is 19.1 Å². The van der Waals surface area contributed by atoms with Gasteiger partial charge in [-0.25, -0.2) is 0 Å². The second kappa shape index (κ2) is 6.40. The lowest BCUT2D eigenvalue weighted by atomic mass is 10.1. The Morgan fingerprint density at radius 2 is 2.17 bits per heavy atom. The normalized spacial score (nSPS) is 12.5. The molecular weight excluding hydrogens is 230 g/mol. The van der Waals surface area contributed by atoms with Gasteiger partial charge in [0.05, 0.1) is 7.11 Å². The van der Waals surface area contributed by atoms with Gasteiger partial charge in [0.1, 0.15) is 11.8 Å². The molecule has 18 heavy (non-hydrogen) atoms. The van der Waals surface area contributed by atoms with Crippen LogP contribution < -0.4 is 4.74 Å². The summed E-state index contributed by atoms with van der Waals surface area (Å²) in [5, 5.41) is 8.98. The molecule has 1 atom stereocenters. The molecule has 1 unspecified atom stereocenters. The molecule has 100 valence electrons. The van der Waals surface area contributed by atoms with E-state index in [4.69, 9.17) is 9.84 Å². The molecule has 1 aromatic rings. The lowest BCUT2D eigenvalue weighted by Gasteiger charge is -2.22. The van der Waals surface area contributed by atoms with E-state index in [2.05, 4.69) is 13.0 Å². The SMILES string of the molecule is CCc1ccc(OC)c(CN(C)C(C)C(=O)O)c1. The summed E-state index contributed by atoms with van der Waals surface area (Å²) in [6.45, 7) is 4.33. The van der Waals surface area contributed by atoms with Crippen molar-refractivity contribution in [2.75, 3.05) is 14.2 Å². The van der Waals surface area contributed by atoms with Crippen molar-refractivity contribution < 1.29 is 14.6 Å². The number of carbonyl (C=O) groups is 1. The zero-order valence-corrected chi connectivity index (χ0v) is 11.4. The van der Waals surface area contributed by atoms with E-state index in [0.29, 0.717) is 6.54 Å². The fraction of sp³-hybridized carbons (Fsp3) is 0.500. The smallest absolute Gasteiger partial charge is 0.320 e. The van der Waals surface area contributed by atoms with Crippen molar-refractivity contribution in [1.29, 1.82) is 0 Å². The molecule has 0 spiro atoms. The molecule has 0 saturated carbocycles. The van der Waals surface area contributed by atoms with Crippen molar-refractivity contribution in [3.05, 3.63) is 29.3 Å². The van der Waals surface area contributed by atoms with Crippen molar-refractivity contribution in [1.82, 2.24) is 4.90 Å². The number of rotatable bonds is 6. The van der Waals surface area contributed by atoms with E-state index in [-0.39, 0.29) is 0 Å². The number of aliphatic carboxylic acids is 1. The first-order chi connectivity index (χ1) is 8.49. The topological polar surface area (TPSA) is 49.8 Å². The summed E-state index contributed by atoms with van der Waals surface area (Å²) in [4.78, 5) is 12.7. The Balaban J connectivity index is 2.91. The highest BCUT2D eigenvalue weighted by molar-refractivity contribution is 5.72. The van der Waals surface area contributed by atoms with Gasteiger partial charge in [-0.15, -0.1) is 0 Å². The van der Waals surface area contributed by atoms with E-state index in [1.54, 1.807) is 26.0 Å². The van der Waals surface area contributed by atoms with Crippen molar-refractivity contribution >= 4 is 5.97 Å². The van der Waals surface area contributed by atoms with Crippen LogP contribution >= 0.6 is 0 Å². The Bertz CT molecular complexity index is 418. The fourth-order valence-corrected chi connectivity index (χ4v) is 1.77. The predicted octanol–water partition coefficient (Wildman–Crippen LogP) is 2.16. The molecule has 1 aromatic carbocycles. The molecule has 0 radical (unpaired) electrons. The number of likely N-dealkylation sites (N-methyl/N-ethyl adjacent to an activating group) is 1. The first-order valence-corrected chi connectivity index (χ1v) is 6.08. The summed E-state index contributed by atoms with van der Waals surface area (Å²) in [7, 11) is 3.43. The van der Waals surface area contributed by atoms with Crippen LogP contribution in [0.4, 0.5) is 0 Å². The molecule has 0 aliphatic rings. The third-order valence-electron chi connectivity index (χ3n) is 3.19. The highest BCUT2D eigenvalue weighted by Crippen LogP contribution is 2.22. The second-order valence-electron chi connectivity index (χ2n) is 4.43. The van der Waals surface area contributed by atoms with Gasteiger partial charge in [-0.3, -0.25) is 9.69 Å². The van der Waals surface area contributed by atoms with Crippen molar-refractivity contribution in [3.63, 3.8) is 0 Å². The number of methoxy groups -OCH3 is 1. The summed E-state index contributed by atoms with van der Waals surface area (Å²) < 4.78 is 5.31. The van der Waals surface area contributed by atoms with Gasteiger partial charge < -0.3 is 9.84 Å². The number of hydrogen-bond acceptors (Lipinski definition) is 3. The van der Waals surface area contributed by atoms with Crippen LogP contribution in [0.25, 0.3) is 0 Å². The number of ether oxygens (including phenoxy) is 1. The fourth-order valence-electron chi connectivity index (χ4n) is 1.77. The van der Waals surface area contributed by atoms with Gasteiger partial charge in [0, 0.05) is 12.1 Å². The van der Waals surface area contributed by atoms with Crippen LogP contribution in [0.5, 0.6) is 5.75 Å². The van der Waals surface area contributed by atoms with Crippen molar-refractivity contribution in [3.8, 4) is 5.75 Å². The highest BCUT2D eigenvalue weighted by atomic mass is 16.5. The third kappa shape index (κ3) is 3.47. The largest absolute Gasteiger partial charge is 0.496 e. The molecule has 0 heterocycles. The molecule has 4 heteroatoms. The molecule has 1 rings (SSSR count). The number of benzene rings is 1. The van der Waals surface area contributed by atoms with Crippen LogP contribution in [0, 0.1) is 0 Å². The van der Waals surface area contributed by atoms with Gasteiger partial charge in [-0.2, -0.15) is 0 Å². The summed E-state index contributed by atoms with van der Waals surface area (Å²) in [6.07, 6.45) is 0.954. The Morgan fingerprint density at radius 1 is 1.50 bits per heavy atom. The third-order valence-corrected chi connectivity index (χ3v) is 3.19. The van der Waals surface area contributed by atoms with E-state index in [9.17, 15) is 4.79 Å². The molecule has 0 bridgehead atoms. The van der Waals surface area contributed by atoms with E-state index in [0.717, 1.165) is 17.7 Å². The van der Waals surface area contributed by atoms with E-state index >= 15 is 0 Å². The Hall–Kier alpha value is -1.55. The number of carboxylic acid groups (broad SMARTS) is 1. The van der Waals surface area contributed by atoms with Gasteiger partial charge >= 0.3 is 5.97 Å². The molecule has 0 aliphatic carbocycles. The molecule has 0 saturated heterocycles. The molecule has 0 aliphatic heterocycles.